The number of hydrogen-bond donors (Lipinski definition) is 1. The number of benzene rings is 2. The van der Waals surface area contributed by atoms with Gasteiger partial charge in [0.1, 0.15) is 0 Å². The van der Waals surface area contributed by atoms with E-state index in [1.54, 1.807) is 31.2 Å². The number of halogens is 2. The number of nitrogens with zero attached hydrogens (tertiary/aromatic N) is 1. The van der Waals surface area contributed by atoms with Crippen LogP contribution in [-0.2, 0) is 0 Å². The van der Waals surface area contributed by atoms with Crippen LogP contribution in [0, 0.1) is 20.6 Å². The first kappa shape index (κ1) is 15.7. The number of nitrogens with one attached hydrogen (secondary N) is 1. The molecule has 1 amide bonds. The van der Waals surface area contributed by atoms with Crippen molar-refractivity contribution in [3.8, 4) is 0 Å². The molecule has 0 saturated heterocycles. The van der Waals surface area contributed by atoms with Crippen LogP contribution >= 0.6 is 34.2 Å². The fraction of sp³-hybridized carbons (Fsp3) is 0.0714. The highest BCUT2D eigenvalue weighted by Crippen LogP contribution is 2.24. The molecule has 0 radical (unpaired) electrons. The van der Waals surface area contributed by atoms with Crippen molar-refractivity contribution < 1.29 is 9.72 Å². The molecule has 0 aliphatic heterocycles. The van der Waals surface area contributed by atoms with E-state index in [0.29, 0.717) is 16.3 Å². The van der Waals surface area contributed by atoms with Gasteiger partial charge in [-0.3, -0.25) is 14.9 Å². The predicted molar refractivity (Wildman–Crippen MR) is 90.0 cm³/mol. The van der Waals surface area contributed by atoms with Crippen LogP contribution in [0.5, 0.6) is 0 Å². The van der Waals surface area contributed by atoms with Crippen LogP contribution in [0.25, 0.3) is 0 Å². The molecule has 0 saturated carbocycles. The monoisotopic (exact) mass is 416 g/mol. The second kappa shape index (κ2) is 6.40. The lowest BCUT2D eigenvalue weighted by Gasteiger charge is -2.09. The minimum absolute atomic E-state index is 0.114. The molecule has 0 spiro atoms. The number of nitro groups is 1. The van der Waals surface area contributed by atoms with E-state index in [0.717, 1.165) is 3.57 Å². The highest BCUT2D eigenvalue weighted by molar-refractivity contribution is 14.1. The van der Waals surface area contributed by atoms with Crippen molar-refractivity contribution in [2.24, 2.45) is 0 Å². The van der Waals surface area contributed by atoms with E-state index in [4.69, 9.17) is 11.6 Å². The number of carbonyl (C=O) groups is 1. The van der Waals surface area contributed by atoms with Gasteiger partial charge in [-0.25, -0.2) is 0 Å². The molecule has 5 nitrogen and oxygen atoms in total. The number of amides is 1. The molecule has 7 heteroatoms. The Morgan fingerprint density at radius 2 is 2.00 bits per heavy atom. The van der Waals surface area contributed by atoms with Crippen molar-refractivity contribution in [2.45, 2.75) is 6.92 Å². The van der Waals surface area contributed by atoms with Gasteiger partial charge in [0, 0.05) is 26.3 Å². The van der Waals surface area contributed by atoms with Gasteiger partial charge < -0.3 is 5.32 Å². The largest absolute Gasteiger partial charge is 0.321 e. The standard InChI is InChI=1S/C14H10ClIN2O3/c1-8-2-4-10(18(20)21)7-11(8)14(19)17-13-5-3-9(15)6-12(13)16/h2-7H,1H3,(H,17,19). The van der Waals surface area contributed by atoms with Gasteiger partial charge in [0.25, 0.3) is 11.6 Å². The zero-order chi connectivity index (χ0) is 15.6. The Bertz CT molecular complexity index is 734. The van der Waals surface area contributed by atoms with Gasteiger partial charge in [-0.2, -0.15) is 0 Å². The van der Waals surface area contributed by atoms with Crippen LogP contribution < -0.4 is 5.32 Å². The third-order valence-electron chi connectivity index (χ3n) is 2.86. The summed E-state index contributed by atoms with van der Waals surface area (Å²) in [6.07, 6.45) is 0. The van der Waals surface area contributed by atoms with E-state index in [1.165, 1.54) is 12.1 Å². The molecular weight excluding hydrogens is 407 g/mol. The second-order valence-corrected chi connectivity index (χ2v) is 5.93. The Kier molecular flexibility index (Phi) is 4.79. The summed E-state index contributed by atoms with van der Waals surface area (Å²) in [4.78, 5) is 22.5. The zero-order valence-electron chi connectivity index (χ0n) is 10.9. The fourth-order valence-corrected chi connectivity index (χ4v) is 2.75. The number of nitro benzene ring substituents is 1. The minimum atomic E-state index is -0.526. The summed E-state index contributed by atoms with van der Waals surface area (Å²) in [5.74, 6) is -0.392. The molecule has 1 N–H and O–H groups in total. The first-order chi connectivity index (χ1) is 9.88. The highest BCUT2D eigenvalue weighted by atomic mass is 127. The van der Waals surface area contributed by atoms with Crippen LogP contribution in [0.3, 0.4) is 0 Å². The molecule has 21 heavy (non-hydrogen) atoms. The van der Waals surface area contributed by atoms with Gasteiger partial charge in [-0.15, -0.1) is 0 Å². The van der Waals surface area contributed by atoms with Crippen molar-refractivity contribution in [3.63, 3.8) is 0 Å². The van der Waals surface area contributed by atoms with Gasteiger partial charge in [0.15, 0.2) is 0 Å². The van der Waals surface area contributed by atoms with Gasteiger partial charge in [-0.1, -0.05) is 17.7 Å². The van der Waals surface area contributed by atoms with Crippen LogP contribution in [0.15, 0.2) is 36.4 Å². The summed E-state index contributed by atoms with van der Waals surface area (Å²) >= 11 is 7.92. The number of anilines is 1. The van der Waals surface area contributed by atoms with Crippen molar-refractivity contribution in [1.29, 1.82) is 0 Å². The molecule has 0 aliphatic carbocycles. The highest BCUT2D eigenvalue weighted by Gasteiger charge is 2.15. The Morgan fingerprint density at radius 3 is 2.62 bits per heavy atom. The fourth-order valence-electron chi connectivity index (χ4n) is 1.75. The number of rotatable bonds is 3. The third kappa shape index (κ3) is 3.70. The lowest BCUT2D eigenvalue weighted by molar-refractivity contribution is -0.384. The minimum Gasteiger partial charge on any atom is -0.321 e. The molecule has 0 bridgehead atoms. The topological polar surface area (TPSA) is 72.2 Å². The summed E-state index contributed by atoms with van der Waals surface area (Å²) in [5.41, 5.74) is 1.43. The van der Waals surface area contributed by atoms with Crippen LogP contribution in [-0.4, -0.2) is 10.8 Å². The molecule has 0 aliphatic rings. The molecule has 0 aromatic heterocycles. The first-order valence-electron chi connectivity index (χ1n) is 5.90. The summed E-state index contributed by atoms with van der Waals surface area (Å²) in [6.45, 7) is 1.73. The van der Waals surface area contributed by atoms with Crippen LogP contribution in [0.1, 0.15) is 15.9 Å². The number of non-ortho nitro benzene ring substituents is 1. The lowest BCUT2D eigenvalue weighted by atomic mass is 10.1. The molecule has 2 aromatic rings. The van der Waals surface area contributed by atoms with Crippen molar-refractivity contribution in [2.75, 3.05) is 5.32 Å². The Balaban J connectivity index is 2.32. The molecule has 2 rings (SSSR count). The SMILES string of the molecule is Cc1ccc([N+](=O)[O-])cc1C(=O)Nc1ccc(Cl)cc1I. The maximum atomic E-state index is 12.3. The van der Waals surface area contributed by atoms with Crippen LogP contribution in [0.4, 0.5) is 11.4 Å². The van der Waals surface area contributed by atoms with Gasteiger partial charge in [-0.05, 0) is 53.3 Å². The van der Waals surface area contributed by atoms with E-state index in [-0.39, 0.29) is 11.3 Å². The quantitative estimate of drug-likeness (QED) is 0.457. The number of hydrogen-bond acceptors (Lipinski definition) is 3. The lowest BCUT2D eigenvalue weighted by Crippen LogP contribution is -2.14. The number of aryl methyl sites for hydroxylation is 1. The maximum Gasteiger partial charge on any atom is 0.270 e. The van der Waals surface area contributed by atoms with Gasteiger partial charge >= 0.3 is 0 Å². The molecule has 0 heterocycles. The van der Waals surface area contributed by atoms with Crippen molar-refractivity contribution >= 4 is 51.5 Å². The number of carbonyl (C=O) groups excluding carboxylic acids is 1. The van der Waals surface area contributed by atoms with E-state index < -0.39 is 10.8 Å². The summed E-state index contributed by atoms with van der Waals surface area (Å²) < 4.78 is 0.788. The molecule has 0 unspecified atom stereocenters. The van der Waals surface area contributed by atoms with Gasteiger partial charge in [0.2, 0.25) is 0 Å². The van der Waals surface area contributed by atoms with Gasteiger partial charge in [0.05, 0.1) is 10.6 Å². The smallest absolute Gasteiger partial charge is 0.270 e. The Labute approximate surface area is 139 Å². The van der Waals surface area contributed by atoms with E-state index in [9.17, 15) is 14.9 Å². The molecule has 0 fully saturated rings. The molecule has 0 atom stereocenters. The van der Waals surface area contributed by atoms with Crippen molar-refractivity contribution in [3.05, 3.63) is 66.2 Å². The summed E-state index contributed by atoms with van der Waals surface area (Å²) in [5, 5.41) is 14.1. The van der Waals surface area contributed by atoms with E-state index in [2.05, 4.69) is 27.9 Å². The third-order valence-corrected chi connectivity index (χ3v) is 3.98. The van der Waals surface area contributed by atoms with E-state index >= 15 is 0 Å². The zero-order valence-corrected chi connectivity index (χ0v) is 13.8. The summed E-state index contributed by atoms with van der Waals surface area (Å²) in [6, 6.07) is 9.28. The molecule has 108 valence electrons. The average Bonchev–Trinajstić information content (AvgIpc) is 2.42. The Hall–Kier alpha value is -1.67. The first-order valence-corrected chi connectivity index (χ1v) is 7.35. The Morgan fingerprint density at radius 1 is 1.29 bits per heavy atom. The van der Waals surface area contributed by atoms with E-state index in [1.807, 2.05) is 0 Å². The molecule has 2 aromatic carbocycles. The maximum absolute atomic E-state index is 12.3. The average molecular weight is 417 g/mol. The predicted octanol–water partition coefficient (Wildman–Crippen LogP) is 4.41. The van der Waals surface area contributed by atoms with Crippen molar-refractivity contribution in [1.82, 2.24) is 0 Å². The van der Waals surface area contributed by atoms with Crippen LogP contribution in [0.2, 0.25) is 5.02 Å². The summed E-state index contributed by atoms with van der Waals surface area (Å²) in [7, 11) is 0. The second-order valence-electron chi connectivity index (χ2n) is 4.33. The molecular formula is C14H10ClIN2O3. The normalized spacial score (nSPS) is 10.2.